The summed E-state index contributed by atoms with van der Waals surface area (Å²) in [5, 5.41) is 0.571. The Morgan fingerprint density at radius 1 is 1.45 bits per heavy atom. The topological polar surface area (TPSA) is 3.24 Å². The van der Waals surface area contributed by atoms with Crippen molar-refractivity contribution >= 4 is 12.6 Å². The quantitative estimate of drug-likeness (QED) is 0.509. The molecule has 1 rings (SSSR count). The van der Waals surface area contributed by atoms with Crippen LogP contribution >= 0.6 is 12.6 Å². The second kappa shape index (κ2) is 9.50. The molecule has 1 heterocycles. The van der Waals surface area contributed by atoms with Crippen LogP contribution in [0.2, 0.25) is 0 Å². The fourth-order valence-electron chi connectivity index (χ4n) is 1.03. The van der Waals surface area contributed by atoms with Gasteiger partial charge in [0.2, 0.25) is 0 Å². The summed E-state index contributed by atoms with van der Waals surface area (Å²) in [6, 6.07) is 0. The fourth-order valence-corrected chi connectivity index (χ4v) is 1.44. The van der Waals surface area contributed by atoms with Crippen LogP contribution in [-0.4, -0.2) is 23.2 Å². The Hall–Kier alpha value is 1.41. The van der Waals surface area contributed by atoms with E-state index < -0.39 is 0 Å². The predicted molar refractivity (Wildman–Crippen MR) is 50.3 cm³/mol. The molecule has 11 heavy (non-hydrogen) atoms. The van der Waals surface area contributed by atoms with E-state index in [9.17, 15) is 0 Å². The van der Waals surface area contributed by atoms with Gasteiger partial charge in [0.15, 0.2) is 0 Å². The van der Waals surface area contributed by atoms with Crippen molar-refractivity contribution in [3.05, 3.63) is 7.05 Å². The van der Waals surface area contributed by atoms with Gasteiger partial charge < -0.3 is 4.90 Å². The van der Waals surface area contributed by atoms with Crippen molar-refractivity contribution in [1.29, 1.82) is 0 Å². The molecule has 1 saturated heterocycles. The number of piperidine rings is 1. The summed E-state index contributed by atoms with van der Waals surface area (Å²) >= 11 is 4.34. The summed E-state index contributed by atoms with van der Waals surface area (Å²) < 4.78 is 0. The van der Waals surface area contributed by atoms with Crippen LogP contribution in [0.15, 0.2) is 0 Å². The van der Waals surface area contributed by atoms with E-state index in [0.717, 1.165) is 13.1 Å². The Labute approximate surface area is 102 Å². The average molecular weight is 249 g/mol. The molecule has 1 aliphatic heterocycles. The van der Waals surface area contributed by atoms with Crippen molar-refractivity contribution in [3.63, 3.8) is 0 Å². The zero-order valence-electron chi connectivity index (χ0n) is 7.58. The van der Waals surface area contributed by atoms with Crippen molar-refractivity contribution in [1.82, 2.24) is 4.90 Å². The maximum Gasteiger partial charge on any atom is 0.0121 e. The van der Waals surface area contributed by atoms with E-state index in [0.29, 0.717) is 5.25 Å². The van der Waals surface area contributed by atoms with Crippen LogP contribution < -0.4 is 0 Å². The van der Waals surface area contributed by atoms with Crippen molar-refractivity contribution in [2.45, 2.75) is 31.9 Å². The van der Waals surface area contributed by atoms with Crippen LogP contribution in [0.4, 0.5) is 0 Å². The molecule has 0 aromatic rings. The monoisotopic (exact) mass is 249 g/mol. The molecule has 1 aliphatic rings. The Morgan fingerprint density at radius 3 is 2.27 bits per heavy atom. The van der Waals surface area contributed by atoms with Gasteiger partial charge in [0, 0.05) is 38.0 Å². The van der Waals surface area contributed by atoms with E-state index in [2.05, 4.69) is 24.6 Å². The van der Waals surface area contributed by atoms with E-state index in [1.54, 1.807) is 0 Å². The number of nitrogens with zero attached hydrogens (tertiary/aromatic N) is 1. The Bertz CT molecular complexity index is 72.5. The minimum absolute atomic E-state index is 0. The van der Waals surface area contributed by atoms with Gasteiger partial charge in [0.1, 0.15) is 0 Å². The first-order chi connectivity index (χ1) is 4.79. The molecule has 0 spiro atoms. The third-order valence-corrected chi connectivity index (χ3v) is 1.90. The summed E-state index contributed by atoms with van der Waals surface area (Å²) in [7, 11) is 3.83. The van der Waals surface area contributed by atoms with Gasteiger partial charge in [-0.05, 0) is 25.9 Å². The van der Waals surface area contributed by atoms with E-state index in [1.165, 1.54) is 12.8 Å². The van der Waals surface area contributed by atoms with E-state index in [4.69, 9.17) is 0 Å². The third kappa shape index (κ3) is 7.76. The van der Waals surface area contributed by atoms with Crippen LogP contribution in [0, 0.1) is 7.05 Å². The maximum atomic E-state index is 4.34. The van der Waals surface area contributed by atoms with E-state index >= 15 is 0 Å². The summed E-state index contributed by atoms with van der Waals surface area (Å²) in [6.07, 6.45) is 2.52. The van der Waals surface area contributed by atoms with Crippen LogP contribution in [0.25, 0.3) is 0 Å². The van der Waals surface area contributed by atoms with Gasteiger partial charge in [-0.3, -0.25) is 7.05 Å². The van der Waals surface area contributed by atoms with Gasteiger partial charge >= 0.3 is 0 Å². The molecule has 0 aromatic carbocycles. The minimum atomic E-state index is 0. The first-order valence-electron chi connectivity index (χ1n) is 4.02. The number of rotatable bonds is 0. The molecular weight excluding hydrogens is 231 g/mol. The van der Waals surface area contributed by atoms with E-state index in [1.807, 2.05) is 13.8 Å². The van der Waals surface area contributed by atoms with Crippen molar-refractivity contribution in [2.75, 3.05) is 13.1 Å². The SMILES string of the molecule is CC.[CH2-]N1CCCC(S)C1.[Y]. The molecule has 1 nitrogen and oxygen atoms in total. The standard InChI is InChI=1S/C6H12NS.C2H6.Y/c1-7-4-2-3-6(8)5-7;1-2;/h6,8H,1-5H2;1-2H3;/q-1;;. The molecule has 1 atom stereocenters. The minimum Gasteiger partial charge on any atom is -0.458 e. The van der Waals surface area contributed by atoms with Gasteiger partial charge in [-0.25, -0.2) is 0 Å². The number of likely N-dealkylation sites (tertiary alicyclic amines) is 1. The van der Waals surface area contributed by atoms with Gasteiger partial charge in [0.05, 0.1) is 0 Å². The second-order valence-electron chi connectivity index (χ2n) is 2.37. The molecule has 0 N–H and O–H groups in total. The normalized spacial score (nSPS) is 24.5. The summed E-state index contributed by atoms with van der Waals surface area (Å²) in [6.45, 7) is 6.21. The molecule has 0 saturated carbocycles. The van der Waals surface area contributed by atoms with Gasteiger partial charge in [-0.15, -0.1) is 0 Å². The molecule has 0 aromatic heterocycles. The zero-order chi connectivity index (χ0) is 7.98. The first kappa shape index (κ1) is 14.9. The molecule has 1 unspecified atom stereocenters. The fraction of sp³-hybridized carbons (Fsp3) is 0.875. The Balaban J connectivity index is 0. The largest absolute Gasteiger partial charge is 0.458 e. The molecule has 1 radical (unpaired) electrons. The number of hydrogen-bond donors (Lipinski definition) is 1. The van der Waals surface area contributed by atoms with Gasteiger partial charge in [-0.1, -0.05) is 13.8 Å². The smallest absolute Gasteiger partial charge is 0.0121 e. The predicted octanol–water partition coefficient (Wildman–Crippen LogP) is 2.20. The maximum absolute atomic E-state index is 4.34. The van der Waals surface area contributed by atoms with E-state index in [-0.39, 0.29) is 32.7 Å². The van der Waals surface area contributed by atoms with Gasteiger partial charge in [-0.2, -0.15) is 12.6 Å². The molecular formula is C8H18NSY-. The second-order valence-corrected chi connectivity index (χ2v) is 3.10. The zero-order valence-corrected chi connectivity index (χ0v) is 11.3. The summed E-state index contributed by atoms with van der Waals surface area (Å²) in [5.41, 5.74) is 0. The van der Waals surface area contributed by atoms with Gasteiger partial charge in [0.25, 0.3) is 0 Å². The molecule has 0 bridgehead atoms. The summed E-state index contributed by atoms with van der Waals surface area (Å²) in [4.78, 5) is 2.08. The van der Waals surface area contributed by atoms with Crippen molar-refractivity contribution in [3.8, 4) is 0 Å². The molecule has 0 aliphatic carbocycles. The number of thiol groups is 1. The van der Waals surface area contributed by atoms with Crippen LogP contribution in [0.5, 0.6) is 0 Å². The van der Waals surface area contributed by atoms with Crippen LogP contribution in [-0.2, 0) is 32.7 Å². The average Bonchev–Trinajstić information content (AvgIpc) is 1.91. The molecule has 3 heteroatoms. The van der Waals surface area contributed by atoms with Crippen molar-refractivity contribution in [2.24, 2.45) is 0 Å². The summed E-state index contributed by atoms with van der Waals surface area (Å²) in [5.74, 6) is 0. The molecule has 0 amide bonds. The first-order valence-corrected chi connectivity index (χ1v) is 4.54. The van der Waals surface area contributed by atoms with Crippen LogP contribution in [0.3, 0.4) is 0 Å². The molecule has 1 fully saturated rings. The third-order valence-electron chi connectivity index (χ3n) is 1.48. The van der Waals surface area contributed by atoms with Crippen LogP contribution in [0.1, 0.15) is 26.7 Å². The molecule has 65 valence electrons. The Morgan fingerprint density at radius 2 is 2.00 bits per heavy atom. The Kier molecular flexibility index (Phi) is 12.9. The number of hydrogen-bond acceptors (Lipinski definition) is 2. The van der Waals surface area contributed by atoms with Crippen molar-refractivity contribution < 1.29 is 32.7 Å².